The van der Waals surface area contributed by atoms with Crippen molar-refractivity contribution in [2.24, 2.45) is 0 Å². The molecule has 0 aliphatic heterocycles. The van der Waals surface area contributed by atoms with E-state index in [-0.39, 0.29) is 5.97 Å². The zero-order chi connectivity index (χ0) is 16.0. The summed E-state index contributed by atoms with van der Waals surface area (Å²) in [6.07, 6.45) is 4.99. The Morgan fingerprint density at radius 2 is 2.27 bits per heavy atom. The summed E-state index contributed by atoms with van der Waals surface area (Å²) in [5.41, 5.74) is 0. The van der Waals surface area contributed by atoms with Gasteiger partial charge in [0.2, 0.25) is 0 Å². The molecule has 0 aromatic carbocycles. The van der Waals surface area contributed by atoms with Crippen LogP contribution in [-0.4, -0.2) is 68.2 Å². The third-order valence-corrected chi connectivity index (χ3v) is 3.14. The molecule has 0 bridgehead atoms. The molecule has 0 spiro atoms. The molecule has 0 aliphatic carbocycles. The smallest absolute Gasteiger partial charge is 0.395 e. The number of ether oxygens (including phenoxy) is 1. The molecular weight excluding hydrogens is 283 g/mol. The molecule has 1 radical (unpaired) electrons. The zero-order valence-electron chi connectivity index (χ0n) is 13.5. The standard InChI is InChI=1S/C14H26BN4O3/c1-3-22-14(20)6-4-9-18(11-8-16-15-21-2)12-13-19-10-5-7-17-19/h5,7,10,16H,3-4,6,8-9,11-13H2,1-2H3. The molecule has 0 aliphatic rings. The molecule has 1 aromatic heterocycles. The van der Waals surface area contributed by atoms with Gasteiger partial charge in [-0.3, -0.25) is 9.48 Å². The highest BCUT2D eigenvalue weighted by molar-refractivity contribution is 6.23. The Morgan fingerprint density at radius 1 is 1.41 bits per heavy atom. The van der Waals surface area contributed by atoms with Crippen LogP contribution in [0.1, 0.15) is 19.8 Å². The van der Waals surface area contributed by atoms with E-state index in [2.05, 4.69) is 15.2 Å². The Bertz CT molecular complexity index is 389. The molecule has 0 fully saturated rings. The van der Waals surface area contributed by atoms with E-state index >= 15 is 0 Å². The first kappa shape index (κ1) is 18.7. The van der Waals surface area contributed by atoms with Crippen LogP contribution in [0, 0.1) is 0 Å². The SMILES string of the molecule is CCOC(=O)CCCN(CCN[B]OC)CCn1cccn1. The van der Waals surface area contributed by atoms with E-state index in [1.165, 1.54) is 0 Å². The summed E-state index contributed by atoms with van der Waals surface area (Å²) in [5.74, 6) is -0.125. The van der Waals surface area contributed by atoms with Crippen LogP contribution in [0.2, 0.25) is 0 Å². The fraction of sp³-hybridized carbons (Fsp3) is 0.714. The maximum Gasteiger partial charge on any atom is 0.395 e. The van der Waals surface area contributed by atoms with Crippen molar-refractivity contribution in [2.75, 3.05) is 39.9 Å². The lowest BCUT2D eigenvalue weighted by Gasteiger charge is -2.22. The maximum absolute atomic E-state index is 11.4. The number of esters is 1. The predicted octanol–water partition coefficient (Wildman–Crippen LogP) is 0.299. The minimum atomic E-state index is -0.125. The zero-order valence-corrected chi connectivity index (χ0v) is 13.5. The lowest BCUT2D eigenvalue weighted by atomic mass is 10.2. The first-order valence-corrected chi connectivity index (χ1v) is 7.69. The van der Waals surface area contributed by atoms with Crippen molar-refractivity contribution in [1.82, 2.24) is 19.9 Å². The van der Waals surface area contributed by atoms with Gasteiger partial charge < -0.3 is 19.5 Å². The molecular formula is C14H26BN4O3. The van der Waals surface area contributed by atoms with Crippen molar-refractivity contribution in [3.63, 3.8) is 0 Å². The monoisotopic (exact) mass is 309 g/mol. The maximum atomic E-state index is 11.4. The van der Waals surface area contributed by atoms with Gasteiger partial charge in [-0.1, -0.05) is 0 Å². The highest BCUT2D eigenvalue weighted by Gasteiger charge is 2.08. The topological polar surface area (TPSA) is 68.6 Å². The second-order valence-corrected chi connectivity index (χ2v) is 4.83. The number of hydrogen-bond donors (Lipinski definition) is 1. The summed E-state index contributed by atoms with van der Waals surface area (Å²) >= 11 is 0. The molecule has 1 aromatic rings. The molecule has 7 nitrogen and oxygen atoms in total. The first-order valence-electron chi connectivity index (χ1n) is 7.69. The van der Waals surface area contributed by atoms with E-state index in [0.717, 1.165) is 39.1 Å². The third kappa shape index (κ3) is 8.81. The lowest BCUT2D eigenvalue weighted by molar-refractivity contribution is -0.143. The average molecular weight is 309 g/mol. The molecule has 1 rings (SSSR count). The molecule has 123 valence electrons. The number of rotatable bonds is 13. The molecule has 0 amide bonds. The van der Waals surface area contributed by atoms with Crippen molar-refractivity contribution in [2.45, 2.75) is 26.3 Å². The Morgan fingerprint density at radius 3 is 2.95 bits per heavy atom. The third-order valence-electron chi connectivity index (χ3n) is 3.14. The van der Waals surface area contributed by atoms with E-state index in [4.69, 9.17) is 9.39 Å². The Labute approximate surface area is 133 Å². The molecule has 1 N–H and O–H groups in total. The second-order valence-electron chi connectivity index (χ2n) is 4.83. The number of nitrogens with zero attached hydrogens (tertiary/aromatic N) is 3. The van der Waals surface area contributed by atoms with Crippen molar-refractivity contribution in [1.29, 1.82) is 0 Å². The number of carbonyl (C=O) groups excluding carboxylic acids is 1. The highest BCUT2D eigenvalue weighted by Crippen LogP contribution is 1.99. The number of nitrogens with one attached hydrogen (secondary N) is 1. The van der Waals surface area contributed by atoms with Crippen LogP contribution < -0.4 is 5.23 Å². The van der Waals surface area contributed by atoms with Gasteiger partial charge in [-0.15, -0.1) is 0 Å². The van der Waals surface area contributed by atoms with Crippen molar-refractivity contribution in [3.05, 3.63) is 18.5 Å². The minimum absolute atomic E-state index is 0.125. The molecule has 1 heterocycles. The van der Waals surface area contributed by atoms with Gasteiger partial charge in [-0.25, -0.2) is 0 Å². The average Bonchev–Trinajstić information content (AvgIpc) is 3.02. The minimum Gasteiger partial charge on any atom is -0.466 e. The molecule has 8 heteroatoms. The highest BCUT2D eigenvalue weighted by atomic mass is 16.5. The van der Waals surface area contributed by atoms with Gasteiger partial charge in [0.25, 0.3) is 0 Å². The van der Waals surface area contributed by atoms with Crippen LogP contribution in [0.4, 0.5) is 0 Å². The Kier molecular flexibility index (Phi) is 10.4. The van der Waals surface area contributed by atoms with E-state index in [0.29, 0.717) is 13.0 Å². The van der Waals surface area contributed by atoms with Crippen LogP contribution in [0.25, 0.3) is 0 Å². The molecule has 0 saturated carbocycles. The molecule has 22 heavy (non-hydrogen) atoms. The van der Waals surface area contributed by atoms with Gasteiger partial charge in [0, 0.05) is 39.0 Å². The summed E-state index contributed by atoms with van der Waals surface area (Å²) < 4.78 is 11.7. The molecule has 0 unspecified atom stereocenters. The van der Waals surface area contributed by atoms with Crippen LogP contribution in [0.3, 0.4) is 0 Å². The van der Waals surface area contributed by atoms with Gasteiger partial charge >= 0.3 is 13.6 Å². The first-order chi connectivity index (χ1) is 10.8. The van der Waals surface area contributed by atoms with Gasteiger partial charge in [0.05, 0.1) is 13.2 Å². The van der Waals surface area contributed by atoms with Crippen molar-refractivity contribution in [3.8, 4) is 0 Å². The predicted molar refractivity (Wildman–Crippen MR) is 85.3 cm³/mol. The number of carbonyl (C=O) groups is 1. The molecule has 0 atom stereocenters. The van der Waals surface area contributed by atoms with Gasteiger partial charge in [0.1, 0.15) is 0 Å². The van der Waals surface area contributed by atoms with E-state index in [1.807, 2.05) is 23.9 Å². The summed E-state index contributed by atoms with van der Waals surface area (Å²) in [7, 11) is 3.19. The summed E-state index contributed by atoms with van der Waals surface area (Å²) in [6, 6.07) is 1.92. The lowest BCUT2D eigenvalue weighted by Crippen LogP contribution is -2.36. The van der Waals surface area contributed by atoms with Gasteiger partial charge in [0.15, 0.2) is 0 Å². The van der Waals surface area contributed by atoms with Crippen molar-refractivity contribution < 1.29 is 14.2 Å². The number of aromatic nitrogens is 2. The van der Waals surface area contributed by atoms with Crippen molar-refractivity contribution >= 4 is 13.6 Å². The largest absolute Gasteiger partial charge is 0.466 e. The van der Waals surface area contributed by atoms with E-state index in [9.17, 15) is 4.79 Å². The van der Waals surface area contributed by atoms with Gasteiger partial charge in [-0.05, 0) is 32.5 Å². The van der Waals surface area contributed by atoms with Gasteiger partial charge in [-0.2, -0.15) is 5.10 Å². The number of hydrogen-bond acceptors (Lipinski definition) is 6. The van der Waals surface area contributed by atoms with Crippen LogP contribution in [-0.2, 0) is 20.7 Å². The van der Waals surface area contributed by atoms with E-state index < -0.39 is 0 Å². The fourth-order valence-electron chi connectivity index (χ4n) is 2.06. The Balaban J connectivity index is 2.27. The van der Waals surface area contributed by atoms with Crippen LogP contribution in [0.15, 0.2) is 18.5 Å². The normalized spacial score (nSPS) is 10.9. The molecule has 0 saturated heterocycles. The summed E-state index contributed by atoms with van der Waals surface area (Å²) in [5, 5.41) is 7.28. The quantitative estimate of drug-likeness (QED) is 0.321. The van der Waals surface area contributed by atoms with Crippen LogP contribution in [0.5, 0.6) is 0 Å². The second kappa shape index (κ2) is 12.2. The Hall–Kier alpha value is -1.38. The van der Waals surface area contributed by atoms with E-state index in [1.54, 1.807) is 20.9 Å². The van der Waals surface area contributed by atoms with Crippen LogP contribution >= 0.6 is 0 Å². The summed E-state index contributed by atoms with van der Waals surface area (Å²) in [6.45, 7) is 6.52. The summed E-state index contributed by atoms with van der Waals surface area (Å²) in [4.78, 5) is 13.7. The fourth-order valence-corrected chi connectivity index (χ4v) is 2.06.